The predicted octanol–water partition coefficient (Wildman–Crippen LogP) is 3.86. The van der Waals surface area contributed by atoms with E-state index in [1.54, 1.807) is 42.6 Å². The van der Waals surface area contributed by atoms with Crippen molar-refractivity contribution in [1.29, 1.82) is 0 Å². The molecular weight excluding hydrogens is 364 g/mol. The van der Waals surface area contributed by atoms with Gasteiger partial charge in [0.15, 0.2) is 0 Å². The second-order valence-corrected chi connectivity index (χ2v) is 6.52. The van der Waals surface area contributed by atoms with E-state index >= 15 is 0 Å². The first kappa shape index (κ1) is 17.1. The fraction of sp³-hybridized carbons (Fsp3) is 0.0500. The van der Waals surface area contributed by atoms with Crippen LogP contribution >= 0.6 is 11.6 Å². The number of halogens is 1. The van der Waals surface area contributed by atoms with Crippen LogP contribution in [-0.4, -0.2) is 21.2 Å². The molecule has 4 rings (SSSR count). The van der Waals surface area contributed by atoms with Crippen LogP contribution < -0.4 is 10.9 Å². The lowest BCUT2D eigenvalue weighted by Gasteiger charge is -2.10. The van der Waals surface area contributed by atoms with Crippen molar-refractivity contribution in [1.82, 2.24) is 14.8 Å². The third-order valence-electron chi connectivity index (χ3n) is 4.39. The first-order valence-corrected chi connectivity index (χ1v) is 8.64. The maximum Gasteiger partial charge on any atom is 0.282 e. The molecule has 2 heterocycles. The zero-order valence-electron chi connectivity index (χ0n) is 14.4. The molecule has 1 amide bonds. The first-order chi connectivity index (χ1) is 13.1. The number of rotatable bonds is 4. The molecule has 27 heavy (non-hydrogen) atoms. The molecule has 2 aromatic carbocycles. The normalized spacial score (nSPS) is 10.9. The Morgan fingerprint density at radius 3 is 2.48 bits per heavy atom. The Morgan fingerprint density at radius 1 is 1.11 bits per heavy atom. The molecule has 0 fully saturated rings. The molecule has 0 aliphatic carbocycles. The zero-order chi connectivity index (χ0) is 19.0. The van der Waals surface area contributed by atoms with Gasteiger partial charge in [-0.15, -0.1) is 0 Å². The van der Waals surface area contributed by atoms with Crippen LogP contribution in [0.25, 0.3) is 28.1 Å². The van der Waals surface area contributed by atoms with Gasteiger partial charge in [-0.2, -0.15) is 9.78 Å². The molecule has 2 aromatic rings. The maximum atomic E-state index is 12.8. The zero-order valence-corrected chi connectivity index (χ0v) is 15.1. The van der Waals surface area contributed by atoms with Crippen molar-refractivity contribution in [3.8, 4) is 28.1 Å². The number of fused-ring (bicyclic) bond motifs is 1. The van der Waals surface area contributed by atoms with Gasteiger partial charge in [0.25, 0.3) is 5.56 Å². The quantitative estimate of drug-likeness (QED) is 0.529. The van der Waals surface area contributed by atoms with Crippen molar-refractivity contribution < 1.29 is 4.79 Å². The number of nitrogens with zero attached hydrogens (tertiary/aromatic N) is 2. The van der Waals surface area contributed by atoms with Gasteiger partial charge in [0.2, 0.25) is 6.41 Å². The number of carbonyl (C=O) groups excluding carboxylic acids is 1. The highest BCUT2D eigenvalue weighted by molar-refractivity contribution is 6.30. The third kappa shape index (κ3) is 3.00. The van der Waals surface area contributed by atoms with E-state index in [1.807, 2.05) is 19.1 Å². The smallest absolute Gasteiger partial charge is 0.282 e. The van der Waals surface area contributed by atoms with Gasteiger partial charge >= 0.3 is 0 Å². The Labute approximate surface area is 159 Å². The summed E-state index contributed by atoms with van der Waals surface area (Å²) in [5.41, 5.74) is 4.88. The van der Waals surface area contributed by atoms with Gasteiger partial charge in [0.05, 0.1) is 11.3 Å². The highest BCUT2D eigenvalue weighted by Crippen LogP contribution is 2.33. The van der Waals surface area contributed by atoms with Crippen molar-refractivity contribution >= 4 is 23.7 Å². The molecule has 6 nitrogen and oxygen atoms in total. The fourth-order valence-electron chi connectivity index (χ4n) is 3.07. The lowest BCUT2D eigenvalue weighted by Crippen LogP contribution is -2.14. The summed E-state index contributed by atoms with van der Waals surface area (Å²) in [5, 5.41) is 7.78. The van der Waals surface area contributed by atoms with Crippen LogP contribution in [0, 0.1) is 6.92 Å². The summed E-state index contributed by atoms with van der Waals surface area (Å²) < 4.78 is 1.38. The fourth-order valence-corrected chi connectivity index (χ4v) is 3.20. The molecule has 7 heteroatoms. The molecule has 0 atom stereocenters. The van der Waals surface area contributed by atoms with Crippen LogP contribution in [0.2, 0.25) is 5.02 Å². The molecule has 0 bridgehead atoms. The highest BCUT2D eigenvalue weighted by atomic mass is 35.5. The van der Waals surface area contributed by atoms with Gasteiger partial charge in [0.1, 0.15) is 5.69 Å². The van der Waals surface area contributed by atoms with Crippen LogP contribution in [0.1, 0.15) is 5.69 Å². The van der Waals surface area contributed by atoms with E-state index in [2.05, 4.69) is 15.4 Å². The minimum atomic E-state index is -0.205. The maximum absolute atomic E-state index is 12.8. The highest BCUT2D eigenvalue weighted by Gasteiger charge is 2.22. The topological polar surface area (TPSA) is 79.8 Å². The summed E-state index contributed by atoms with van der Waals surface area (Å²) in [6, 6.07) is 14.3. The molecule has 0 saturated carbocycles. The molecule has 0 unspecified atom stereocenters. The van der Waals surface area contributed by atoms with Gasteiger partial charge in [-0.05, 0) is 48.9 Å². The molecule has 2 aliphatic rings. The summed E-state index contributed by atoms with van der Waals surface area (Å²) in [4.78, 5) is 26.6. The van der Waals surface area contributed by atoms with E-state index in [0.717, 1.165) is 16.8 Å². The minimum Gasteiger partial charge on any atom is -0.364 e. The Morgan fingerprint density at radius 2 is 1.81 bits per heavy atom. The standard InChI is InChI=1S/C20H15ClN4O2/c1-12-18(13-2-6-15(7-3-13)23-11-26)19-17(10-22-12)20(27)25(24-19)16-8-4-14(21)5-9-16/h2-11,22H,1H3,(H,23,26). The lowest BCUT2D eigenvalue weighted by molar-refractivity contribution is -0.105. The van der Waals surface area contributed by atoms with Crippen molar-refractivity contribution in [3.63, 3.8) is 0 Å². The molecular formula is C20H15ClN4O2. The van der Waals surface area contributed by atoms with Crippen LogP contribution in [0.4, 0.5) is 5.69 Å². The van der Waals surface area contributed by atoms with E-state index in [1.165, 1.54) is 4.68 Å². The average Bonchev–Trinajstić information content (AvgIpc) is 3.00. The molecule has 0 spiro atoms. The third-order valence-corrected chi connectivity index (χ3v) is 4.65. The van der Waals surface area contributed by atoms with E-state index in [4.69, 9.17) is 11.6 Å². The minimum absolute atomic E-state index is 0.205. The number of amides is 1. The molecule has 2 N–H and O–H groups in total. The lowest BCUT2D eigenvalue weighted by atomic mass is 9.98. The summed E-state index contributed by atoms with van der Waals surface area (Å²) in [6.45, 7) is 1.93. The molecule has 0 aromatic heterocycles. The number of hydrogen-bond donors (Lipinski definition) is 2. The number of benzene rings is 2. The van der Waals surface area contributed by atoms with Gasteiger partial charge in [-0.25, -0.2) is 0 Å². The number of anilines is 1. The largest absolute Gasteiger partial charge is 0.364 e. The Balaban J connectivity index is 1.89. The number of aromatic nitrogens is 3. The second kappa shape index (κ2) is 6.74. The van der Waals surface area contributed by atoms with Gasteiger partial charge < -0.3 is 10.3 Å². The number of aromatic amines is 1. The Kier molecular flexibility index (Phi) is 4.25. The van der Waals surface area contributed by atoms with Crippen molar-refractivity contribution in [2.45, 2.75) is 6.92 Å². The van der Waals surface area contributed by atoms with Crippen LogP contribution in [0.15, 0.2) is 59.5 Å². The SMILES string of the molecule is Cc1[nH]cc2c(=O)n(-c3ccc(Cl)cc3)nc-2c1-c1ccc(NC=O)cc1. The summed E-state index contributed by atoms with van der Waals surface area (Å²) in [7, 11) is 0. The number of hydrogen-bond acceptors (Lipinski definition) is 3. The van der Waals surface area contributed by atoms with Crippen molar-refractivity contribution in [2.24, 2.45) is 0 Å². The predicted molar refractivity (Wildman–Crippen MR) is 106 cm³/mol. The number of H-pyrrole nitrogens is 1. The number of aryl methyl sites for hydroxylation is 1. The summed E-state index contributed by atoms with van der Waals surface area (Å²) in [6.07, 6.45) is 2.31. The Hall–Kier alpha value is -3.38. The van der Waals surface area contributed by atoms with E-state index in [9.17, 15) is 9.59 Å². The van der Waals surface area contributed by atoms with E-state index in [0.29, 0.717) is 34.1 Å². The molecule has 2 aliphatic heterocycles. The molecule has 0 saturated heterocycles. The van der Waals surface area contributed by atoms with Gasteiger partial charge in [-0.1, -0.05) is 23.7 Å². The van der Waals surface area contributed by atoms with Crippen LogP contribution in [0.5, 0.6) is 0 Å². The van der Waals surface area contributed by atoms with Gasteiger partial charge in [0, 0.05) is 28.2 Å². The van der Waals surface area contributed by atoms with Crippen molar-refractivity contribution in [3.05, 3.63) is 75.8 Å². The molecule has 0 radical (unpaired) electrons. The Bertz CT molecular complexity index is 1140. The van der Waals surface area contributed by atoms with Gasteiger partial charge in [-0.3, -0.25) is 9.59 Å². The summed E-state index contributed by atoms with van der Waals surface area (Å²) in [5.74, 6) is 0. The number of carbonyl (C=O) groups is 1. The van der Waals surface area contributed by atoms with Crippen LogP contribution in [0.3, 0.4) is 0 Å². The summed E-state index contributed by atoms with van der Waals surface area (Å²) >= 11 is 5.94. The molecule has 134 valence electrons. The van der Waals surface area contributed by atoms with Crippen LogP contribution in [-0.2, 0) is 4.79 Å². The monoisotopic (exact) mass is 378 g/mol. The van der Waals surface area contributed by atoms with E-state index < -0.39 is 0 Å². The van der Waals surface area contributed by atoms with E-state index in [-0.39, 0.29) is 5.56 Å². The second-order valence-electron chi connectivity index (χ2n) is 6.08. The first-order valence-electron chi connectivity index (χ1n) is 8.26. The average molecular weight is 379 g/mol. The number of pyridine rings is 1. The number of nitrogens with one attached hydrogen (secondary N) is 2. The van der Waals surface area contributed by atoms with Crippen molar-refractivity contribution in [2.75, 3.05) is 5.32 Å².